The maximum Gasteiger partial charge on any atom is 0.314 e. The molecule has 0 bridgehead atoms. The number of urea groups is 1. The van der Waals surface area contributed by atoms with Gasteiger partial charge in [-0.25, -0.2) is 4.79 Å². The molecule has 3 amide bonds. The number of fused-ring (bicyclic) bond motifs is 2. The first kappa shape index (κ1) is 25.1. The van der Waals surface area contributed by atoms with Gasteiger partial charge in [-0.3, -0.25) is 4.79 Å². The Morgan fingerprint density at radius 3 is 2.39 bits per heavy atom. The van der Waals surface area contributed by atoms with E-state index in [1.165, 1.54) is 0 Å². The molecule has 5 rings (SSSR count). The van der Waals surface area contributed by atoms with Gasteiger partial charge in [0, 0.05) is 43.2 Å². The molecule has 1 aromatic carbocycles. The molecule has 2 aliphatic heterocycles. The third kappa shape index (κ3) is 5.11. The molecule has 7 nitrogen and oxygen atoms in total. The lowest BCUT2D eigenvalue weighted by Gasteiger charge is -2.37. The predicted molar refractivity (Wildman–Crippen MR) is 143 cm³/mol. The predicted octanol–water partition coefficient (Wildman–Crippen LogP) is 4.77. The van der Waals surface area contributed by atoms with Gasteiger partial charge in [-0.2, -0.15) is 4.73 Å². The van der Waals surface area contributed by atoms with Crippen molar-refractivity contribution in [3.05, 3.63) is 67.5 Å². The third-order valence-corrected chi connectivity index (χ3v) is 8.61. The van der Waals surface area contributed by atoms with Gasteiger partial charge in [0.05, 0.1) is 10.4 Å². The molecule has 2 saturated heterocycles. The van der Waals surface area contributed by atoms with E-state index in [2.05, 4.69) is 15.9 Å². The molecule has 1 atom stereocenters. The molecule has 9 heteroatoms. The van der Waals surface area contributed by atoms with E-state index in [0.29, 0.717) is 43.5 Å². The standard InChI is InChI=1S/C27H30BrClN4O3/c28-21-14-20-2-1-19-15-22(29)3-4-23(19)25(26(20)33(36)16-21)18-7-11-31(12-8-18)24(34)13-17-5-9-32(10-6-17)27(30)35/h1-4,14-18,25H,5-13H2,(H2,30,35)/t25-/m1/s1. The minimum Gasteiger partial charge on any atom is -0.618 e. The number of piperidine rings is 2. The minimum atomic E-state index is -0.382. The number of primary amides is 1. The van der Waals surface area contributed by atoms with E-state index in [4.69, 9.17) is 17.3 Å². The van der Waals surface area contributed by atoms with E-state index >= 15 is 0 Å². The van der Waals surface area contributed by atoms with Crippen LogP contribution >= 0.6 is 27.5 Å². The zero-order valence-corrected chi connectivity index (χ0v) is 22.4. The Labute approximate surface area is 224 Å². The fourth-order valence-corrected chi connectivity index (χ4v) is 6.62. The number of aromatic nitrogens is 1. The van der Waals surface area contributed by atoms with Gasteiger partial charge in [0.25, 0.3) is 0 Å². The summed E-state index contributed by atoms with van der Waals surface area (Å²) in [6, 6.07) is 7.50. The van der Waals surface area contributed by atoms with E-state index in [0.717, 1.165) is 57.3 Å². The highest BCUT2D eigenvalue weighted by Crippen LogP contribution is 2.43. The second-order valence-corrected chi connectivity index (χ2v) is 11.5. The zero-order chi connectivity index (χ0) is 25.4. The average Bonchev–Trinajstić information content (AvgIpc) is 3.01. The number of nitrogens with zero attached hydrogens (tertiary/aromatic N) is 3. The van der Waals surface area contributed by atoms with Crippen LogP contribution < -0.4 is 10.5 Å². The van der Waals surface area contributed by atoms with Crippen molar-refractivity contribution in [3.8, 4) is 0 Å². The lowest BCUT2D eigenvalue weighted by molar-refractivity contribution is -0.616. The second kappa shape index (κ2) is 10.4. The molecule has 3 heterocycles. The van der Waals surface area contributed by atoms with Crippen molar-refractivity contribution in [1.82, 2.24) is 9.80 Å². The highest BCUT2D eigenvalue weighted by Gasteiger charge is 2.38. The quantitative estimate of drug-likeness (QED) is 0.423. The topological polar surface area (TPSA) is 93.6 Å². The summed E-state index contributed by atoms with van der Waals surface area (Å²) in [5.74, 6) is 0.625. The number of amides is 3. The number of pyridine rings is 1. The van der Waals surface area contributed by atoms with Crippen LogP contribution in [-0.2, 0) is 4.79 Å². The number of hydrogen-bond donors (Lipinski definition) is 1. The van der Waals surface area contributed by atoms with Gasteiger partial charge in [0.1, 0.15) is 0 Å². The average molecular weight is 574 g/mol. The molecule has 190 valence electrons. The third-order valence-electron chi connectivity index (χ3n) is 7.94. The van der Waals surface area contributed by atoms with Crippen molar-refractivity contribution in [3.63, 3.8) is 0 Å². The summed E-state index contributed by atoms with van der Waals surface area (Å²) in [5, 5.41) is 13.8. The van der Waals surface area contributed by atoms with Crippen molar-refractivity contribution in [2.75, 3.05) is 26.2 Å². The van der Waals surface area contributed by atoms with Crippen LogP contribution in [0.15, 0.2) is 34.9 Å². The van der Waals surface area contributed by atoms with Gasteiger partial charge in [-0.15, -0.1) is 0 Å². The van der Waals surface area contributed by atoms with E-state index in [-0.39, 0.29) is 23.8 Å². The molecule has 0 saturated carbocycles. The van der Waals surface area contributed by atoms with Gasteiger partial charge in [-0.05, 0) is 88.9 Å². The maximum atomic E-state index is 13.2. The molecule has 2 fully saturated rings. The molecule has 36 heavy (non-hydrogen) atoms. The van der Waals surface area contributed by atoms with Crippen molar-refractivity contribution in [2.24, 2.45) is 17.6 Å². The number of carbonyl (C=O) groups is 2. The molecule has 0 unspecified atom stereocenters. The summed E-state index contributed by atoms with van der Waals surface area (Å²) in [6.45, 7) is 2.61. The highest BCUT2D eigenvalue weighted by atomic mass is 79.9. The Morgan fingerprint density at radius 1 is 1.03 bits per heavy atom. The second-order valence-electron chi connectivity index (χ2n) is 10.1. The van der Waals surface area contributed by atoms with E-state index in [9.17, 15) is 14.8 Å². The fourth-order valence-electron chi connectivity index (χ4n) is 6.01. The Morgan fingerprint density at radius 2 is 1.69 bits per heavy atom. The van der Waals surface area contributed by atoms with Crippen LogP contribution in [0, 0.1) is 17.0 Å². The van der Waals surface area contributed by atoms with Crippen LogP contribution in [0.5, 0.6) is 0 Å². The Kier molecular flexibility index (Phi) is 7.26. The molecular weight excluding hydrogens is 544 g/mol. The number of rotatable bonds is 3. The van der Waals surface area contributed by atoms with Crippen molar-refractivity contribution in [1.29, 1.82) is 0 Å². The van der Waals surface area contributed by atoms with Crippen LogP contribution in [0.3, 0.4) is 0 Å². The van der Waals surface area contributed by atoms with E-state index < -0.39 is 0 Å². The van der Waals surface area contributed by atoms with Crippen molar-refractivity contribution in [2.45, 2.75) is 38.0 Å². The lowest BCUT2D eigenvalue weighted by atomic mass is 9.76. The van der Waals surface area contributed by atoms with Crippen LogP contribution in [0.2, 0.25) is 5.02 Å². The summed E-state index contributed by atoms with van der Waals surface area (Å²) in [6.07, 6.45) is 9.40. The summed E-state index contributed by atoms with van der Waals surface area (Å²) in [5.41, 5.74) is 9.16. The molecule has 0 spiro atoms. The molecule has 0 radical (unpaired) electrons. The number of halogens is 2. The largest absolute Gasteiger partial charge is 0.618 e. The highest BCUT2D eigenvalue weighted by molar-refractivity contribution is 9.10. The molecule has 2 N–H and O–H groups in total. The first-order valence-electron chi connectivity index (χ1n) is 12.5. The van der Waals surface area contributed by atoms with Crippen molar-refractivity contribution < 1.29 is 14.3 Å². The summed E-state index contributed by atoms with van der Waals surface area (Å²) >= 11 is 9.77. The zero-order valence-electron chi connectivity index (χ0n) is 20.0. The van der Waals surface area contributed by atoms with Crippen LogP contribution in [0.4, 0.5) is 4.79 Å². The van der Waals surface area contributed by atoms with Gasteiger partial charge in [-0.1, -0.05) is 23.7 Å². The number of benzene rings is 1. The van der Waals surface area contributed by atoms with Gasteiger partial charge in [0.2, 0.25) is 11.6 Å². The van der Waals surface area contributed by atoms with Gasteiger partial charge >= 0.3 is 6.03 Å². The van der Waals surface area contributed by atoms with Gasteiger partial charge in [0.15, 0.2) is 6.20 Å². The summed E-state index contributed by atoms with van der Waals surface area (Å²) in [7, 11) is 0. The van der Waals surface area contributed by atoms with Crippen LogP contribution in [-0.4, -0.2) is 47.9 Å². The minimum absolute atomic E-state index is 0.0803. The summed E-state index contributed by atoms with van der Waals surface area (Å²) in [4.78, 5) is 28.1. The normalized spacial score (nSPS) is 20.6. The van der Waals surface area contributed by atoms with Crippen LogP contribution in [0.25, 0.3) is 12.2 Å². The van der Waals surface area contributed by atoms with Crippen molar-refractivity contribution >= 4 is 51.6 Å². The SMILES string of the molecule is NC(=O)N1CCC(CC(=O)N2CCC([C@@H]3c4ccc(Cl)cc4C=Cc4cc(Br)c[n+]([O-])c43)CC2)CC1. The number of carbonyl (C=O) groups excluding carboxylic acids is 2. The number of likely N-dealkylation sites (tertiary alicyclic amines) is 2. The Balaban J connectivity index is 1.31. The molecule has 1 aliphatic carbocycles. The number of nitrogens with two attached hydrogens (primary N) is 1. The molecule has 1 aromatic heterocycles. The summed E-state index contributed by atoms with van der Waals surface area (Å²) < 4.78 is 1.74. The number of hydrogen-bond acceptors (Lipinski definition) is 3. The maximum absolute atomic E-state index is 13.2. The first-order valence-corrected chi connectivity index (χ1v) is 13.7. The van der Waals surface area contributed by atoms with Crippen LogP contribution in [0.1, 0.15) is 60.4 Å². The van der Waals surface area contributed by atoms with E-state index in [1.807, 2.05) is 41.3 Å². The molecular formula is C27H30BrClN4O3. The Hall–Kier alpha value is -2.58. The molecule has 3 aliphatic rings. The smallest absolute Gasteiger partial charge is 0.314 e. The fraction of sp³-hybridized carbons (Fsp3) is 0.444. The Bertz CT molecular complexity index is 1200. The first-order chi connectivity index (χ1) is 17.3. The lowest BCUT2D eigenvalue weighted by Crippen LogP contribution is -2.44. The molecule has 2 aromatic rings. The van der Waals surface area contributed by atoms with Gasteiger partial charge < -0.3 is 20.7 Å². The monoisotopic (exact) mass is 572 g/mol. The van der Waals surface area contributed by atoms with E-state index in [1.54, 1.807) is 11.1 Å².